The average molecular weight is 271 g/mol. The van der Waals surface area contributed by atoms with Crippen molar-refractivity contribution in [1.82, 2.24) is 5.32 Å². The molecule has 1 N–H and O–H groups in total. The Bertz CT molecular complexity index is 562. The summed E-state index contributed by atoms with van der Waals surface area (Å²) in [6.07, 6.45) is 3.79. The molecular formula is C17H21NO2. The van der Waals surface area contributed by atoms with Gasteiger partial charge in [0, 0.05) is 12.5 Å². The van der Waals surface area contributed by atoms with Crippen molar-refractivity contribution in [3.8, 4) is 5.75 Å². The van der Waals surface area contributed by atoms with Gasteiger partial charge in [-0.05, 0) is 42.7 Å². The van der Waals surface area contributed by atoms with Gasteiger partial charge in [-0.1, -0.05) is 19.1 Å². The fourth-order valence-corrected chi connectivity index (χ4v) is 2.79. The predicted octanol–water partition coefficient (Wildman–Crippen LogP) is 4.02. The molecule has 0 amide bonds. The molecular weight excluding hydrogens is 250 g/mol. The molecule has 3 rings (SSSR count). The van der Waals surface area contributed by atoms with Crippen LogP contribution in [0.1, 0.15) is 49.2 Å². The maximum atomic E-state index is 5.57. The van der Waals surface area contributed by atoms with Crippen LogP contribution in [0.25, 0.3) is 0 Å². The molecule has 3 nitrogen and oxygen atoms in total. The number of hydrogen-bond acceptors (Lipinski definition) is 3. The Labute approximate surface area is 119 Å². The molecule has 0 fully saturated rings. The van der Waals surface area contributed by atoms with Gasteiger partial charge in [0.25, 0.3) is 0 Å². The van der Waals surface area contributed by atoms with E-state index in [1.54, 1.807) is 6.26 Å². The highest BCUT2D eigenvalue weighted by atomic mass is 16.5. The van der Waals surface area contributed by atoms with Crippen LogP contribution in [0.4, 0.5) is 0 Å². The van der Waals surface area contributed by atoms with E-state index in [2.05, 4.69) is 37.4 Å². The molecule has 106 valence electrons. The van der Waals surface area contributed by atoms with Gasteiger partial charge in [0.1, 0.15) is 11.5 Å². The summed E-state index contributed by atoms with van der Waals surface area (Å²) < 4.78 is 11.0. The summed E-state index contributed by atoms with van der Waals surface area (Å²) in [5, 5.41) is 3.64. The lowest BCUT2D eigenvalue weighted by atomic mass is 10.00. The Balaban J connectivity index is 1.76. The largest absolute Gasteiger partial charge is 0.493 e. The molecule has 1 unspecified atom stereocenters. The van der Waals surface area contributed by atoms with Crippen molar-refractivity contribution >= 4 is 0 Å². The molecule has 3 heteroatoms. The second-order valence-electron chi connectivity index (χ2n) is 5.33. The van der Waals surface area contributed by atoms with E-state index in [0.717, 1.165) is 31.0 Å². The van der Waals surface area contributed by atoms with Crippen molar-refractivity contribution in [2.75, 3.05) is 6.61 Å². The zero-order chi connectivity index (χ0) is 13.9. The van der Waals surface area contributed by atoms with Crippen LogP contribution in [-0.4, -0.2) is 6.61 Å². The smallest absolute Gasteiger partial charge is 0.122 e. The van der Waals surface area contributed by atoms with Crippen molar-refractivity contribution in [2.24, 2.45) is 0 Å². The van der Waals surface area contributed by atoms with E-state index >= 15 is 0 Å². The lowest BCUT2D eigenvalue weighted by Gasteiger charge is -2.22. The standard InChI is InChI=1S/C17H21NO2/c1-3-15(18-12(2)16-5-4-9-19-16)13-6-7-17-14(11-13)8-10-20-17/h4-7,9,11-12,15,18H,3,8,10H2,1-2H3/t12-,15?/m0/s1. The topological polar surface area (TPSA) is 34.4 Å². The molecule has 2 atom stereocenters. The Morgan fingerprint density at radius 3 is 2.95 bits per heavy atom. The van der Waals surface area contributed by atoms with Gasteiger partial charge in [0.05, 0.1) is 18.9 Å². The quantitative estimate of drug-likeness (QED) is 0.892. The van der Waals surface area contributed by atoms with Gasteiger partial charge in [0.15, 0.2) is 0 Å². The number of nitrogens with one attached hydrogen (secondary N) is 1. The molecule has 1 aromatic heterocycles. The number of ether oxygens (including phenoxy) is 1. The van der Waals surface area contributed by atoms with Gasteiger partial charge in [0.2, 0.25) is 0 Å². The first-order chi connectivity index (χ1) is 9.78. The number of rotatable bonds is 5. The Morgan fingerprint density at radius 1 is 1.30 bits per heavy atom. The molecule has 0 aliphatic carbocycles. The number of benzene rings is 1. The van der Waals surface area contributed by atoms with Crippen LogP contribution < -0.4 is 10.1 Å². The molecule has 1 aliphatic rings. The molecule has 0 saturated heterocycles. The number of furan rings is 1. The lowest BCUT2D eigenvalue weighted by Crippen LogP contribution is -2.24. The van der Waals surface area contributed by atoms with Crippen molar-refractivity contribution in [2.45, 2.75) is 38.8 Å². The molecule has 1 aromatic carbocycles. The zero-order valence-corrected chi connectivity index (χ0v) is 12.1. The van der Waals surface area contributed by atoms with Crippen LogP contribution in [0.2, 0.25) is 0 Å². The van der Waals surface area contributed by atoms with E-state index in [9.17, 15) is 0 Å². The molecule has 2 aromatic rings. The van der Waals surface area contributed by atoms with Crippen LogP contribution in [0.15, 0.2) is 41.0 Å². The summed E-state index contributed by atoms with van der Waals surface area (Å²) in [7, 11) is 0. The van der Waals surface area contributed by atoms with Crippen molar-refractivity contribution in [1.29, 1.82) is 0 Å². The number of hydrogen-bond donors (Lipinski definition) is 1. The predicted molar refractivity (Wildman–Crippen MR) is 78.9 cm³/mol. The van der Waals surface area contributed by atoms with Gasteiger partial charge in [-0.3, -0.25) is 0 Å². The molecule has 20 heavy (non-hydrogen) atoms. The van der Waals surface area contributed by atoms with Crippen molar-refractivity contribution < 1.29 is 9.15 Å². The minimum Gasteiger partial charge on any atom is -0.493 e. The molecule has 0 saturated carbocycles. The second-order valence-corrected chi connectivity index (χ2v) is 5.33. The van der Waals surface area contributed by atoms with Gasteiger partial charge < -0.3 is 14.5 Å². The van der Waals surface area contributed by atoms with E-state index in [-0.39, 0.29) is 6.04 Å². The normalized spacial score (nSPS) is 16.5. The Hall–Kier alpha value is -1.74. The van der Waals surface area contributed by atoms with E-state index in [1.165, 1.54) is 11.1 Å². The van der Waals surface area contributed by atoms with Crippen LogP contribution in [0.5, 0.6) is 5.75 Å². The summed E-state index contributed by atoms with van der Waals surface area (Å²) in [5.41, 5.74) is 2.66. The molecule has 0 spiro atoms. The molecule has 0 bridgehead atoms. The Morgan fingerprint density at radius 2 is 2.20 bits per heavy atom. The summed E-state index contributed by atoms with van der Waals surface area (Å²) in [4.78, 5) is 0. The van der Waals surface area contributed by atoms with E-state index in [0.29, 0.717) is 6.04 Å². The SMILES string of the molecule is CCC(N[C@@H](C)c1ccco1)c1ccc2c(c1)CCO2. The maximum Gasteiger partial charge on any atom is 0.122 e. The molecule has 1 aliphatic heterocycles. The molecule has 2 heterocycles. The van der Waals surface area contributed by atoms with Gasteiger partial charge >= 0.3 is 0 Å². The van der Waals surface area contributed by atoms with Crippen LogP contribution in [-0.2, 0) is 6.42 Å². The van der Waals surface area contributed by atoms with Gasteiger partial charge in [-0.15, -0.1) is 0 Å². The minimum absolute atomic E-state index is 0.208. The van der Waals surface area contributed by atoms with E-state index in [4.69, 9.17) is 9.15 Å². The minimum atomic E-state index is 0.208. The fraction of sp³-hybridized carbons (Fsp3) is 0.412. The third-order valence-electron chi connectivity index (χ3n) is 3.95. The van der Waals surface area contributed by atoms with Crippen LogP contribution in [0, 0.1) is 0 Å². The first kappa shape index (κ1) is 13.3. The first-order valence-electron chi connectivity index (χ1n) is 7.33. The third-order valence-corrected chi connectivity index (χ3v) is 3.95. The van der Waals surface area contributed by atoms with Crippen molar-refractivity contribution in [3.63, 3.8) is 0 Å². The highest BCUT2D eigenvalue weighted by Gasteiger charge is 2.18. The monoisotopic (exact) mass is 271 g/mol. The maximum absolute atomic E-state index is 5.57. The van der Waals surface area contributed by atoms with Gasteiger partial charge in [-0.2, -0.15) is 0 Å². The first-order valence-corrected chi connectivity index (χ1v) is 7.33. The second kappa shape index (κ2) is 5.71. The summed E-state index contributed by atoms with van der Waals surface area (Å²) in [6.45, 7) is 5.15. The highest BCUT2D eigenvalue weighted by molar-refractivity contribution is 5.40. The summed E-state index contributed by atoms with van der Waals surface area (Å²) in [6, 6.07) is 11.0. The zero-order valence-electron chi connectivity index (χ0n) is 12.1. The van der Waals surface area contributed by atoms with E-state index in [1.807, 2.05) is 12.1 Å². The fourth-order valence-electron chi connectivity index (χ4n) is 2.79. The third kappa shape index (κ3) is 2.59. The lowest BCUT2D eigenvalue weighted by molar-refractivity contribution is 0.356. The van der Waals surface area contributed by atoms with Crippen molar-refractivity contribution in [3.05, 3.63) is 53.5 Å². The summed E-state index contributed by atoms with van der Waals surface area (Å²) in [5.74, 6) is 2.02. The van der Waals surface area contributed by atoms with E-state index < -0.39 is 0 Å². The average Bonchev–Trinajstić information content (AvgIpc) is 3.14. The molecule has 0 radical (unpaired) electrons. The van der Waals surface area contributed by atoms with Gasteiger partial charge in [-0.25, -0.2) is 0 Å². The van der Waals surface area contributed by atoms with Crippen LogP contribution in [0.3, 0.4) is 0 Å². The summed E-state index contributed by atoms with van der Waals surface area (Å²) >= 11 is 0. The number of fused-ring (bicyclic) bond motifs is 1. The van der Waals surface area contributed by atoms with Crippen LogP contribution >= 0.6 is 0 Å². The highest BCUT2D eigenvalue weighted by Crippen LogP contribution is 2.30. The Kier molecular flexibility index (Phi) is 3.79.